The molecular formula is C12H15NO8. The lowest BCUT2D eigenvalue weighted by Gasteiger charge is -2.24. The average Bonchev–Trinajstić information content (AvgIpc) is 2.51. The van der Waals surface area contributed by atoms with Crippen LogP contribution < -0.4 is 0 Å². The van der Waals surface area contributed by atoms with E-state index >= 15 is 0 Å². The highest BCUT2D eigenvalue weighted by atomic mass is 16.6. The van der Waals surface area contributed by atoms with Gasteiger partial charge in [0, 0.05) is 17.7 Å². The summed E-state index contributed by atoms with van der Waals surface area (Å²) in [5.41, 5.74) is -0.366. The zero-order valence-electron chi connectivity index (χ0n) is 10.7. The molecule has 0 fully saturated rings. The van der Waals surface area contributed by atoms with Crippen LogP contribution in [0.3, 0.4) is 0 Å². The maximum absolute atomic E-state index is 11.8. The second kappa shape index (κ2) is 7.20. The largest absolute Gasteiger partial charge is 0.394 e. The molecule has 4 atom stereocenters. The monoisotopic (exact) mass is 301 g/mol. The van der Waals surface area contributed by atoms with Crippen LogP contribution in [0.2, 0.25) is 0 Å². The van der Waals surface area contributed by atoms with Gasteiger partial charge in [-0.15, -0.1) is 0 Å². The molecule has 1 aromatic rings. The van der Waals surface area contributed by atoms with Crippen molar-refractivity contribution in [3.05, 3.63) is 39.9 Å². The number of non-ortho nitro benzene ring substituents is 1. The molecule has 0 spiro atoms. The van der Waals surface area contributed by atoms with Crippen LogP contribution in [-0.4, -0.2) is 67.3 Å². The number of ketones is 1. The van der Waals surface area contributed by atoms with Gasteiger partial charge in [-0.25, -0.2) is 0 Å². The molecule has 116 valence electrons. The Morgan fingerprint density at radius 3 is 2.05 bits per heavy atom. The number of carbonyl (C=O) groups is 1. The van der Waals surface area contributed by atoms with Gasteiger partial charge in [0.05, 0.1) is 11.5 Å². The molecule has 1 aromatic carbocycles. The van der Waals surface area contributed by atoms with E-state index in [-0.39, 0.29) is 11.3 Å². The summed E-state index contributed by atoms with van der Waals surface area (Å²) in [7, 11) is 0. The first-order valence-corrected chi connectivity index (χ1v) is 5.91. The van der Waals surface area contributed by atoms with Gasteiger partial charge in [0.15, 0.2) is 5.78 Å². The maximum atomic E-state index is 11.8. The van der Waals surface area contributed by atoms with Gasteiger partial charge in [0.25, 0.3) is 5.69 Å². The minimum absolute atomic E-state index is 0.113. The summed E-state index contributed by atoms with van der Waals surface area (Å²) < 4.78 is 0. The highest BCUT2D eigenvalue weighted by Crippen LogP contribution is 2.15. The molecule has 0 radical (unpaired) electrons. The van der Waals surface area contributed by atoms with Gasteiger partial charge >= 0.3 is 0 Å². The number of aliphatic hydroxyl groups is 5. The molecule has 0 aliphatic carbocycles. The Bertz CT molecular complexity index is 502. The van der Waals surface area contributed by atoms with Crippen LogP contribution in [-0.2, 0) is 0 Å². The van der Waals surface area contributed by atoms with Crippen molar-refractivity contribution < 1.29 is 35.3 Å². The van der Waals surface area contributed by atoms with Crippen LogP contribution in [0.4, 0.5) is 5.69 Å². The standard InChI is InChI=1S/C12H15NO8/c14-5-8(15)10(17)12(19)11(18)9(16)6-1-3-7(4-2-6)13(20)21/h1-4,8,10-12,14-15,17-19H,5H2/t8-,10+,11+,12+/m1/s1. The van der Waals surface area contributed by atoms with Gasteiger partial charge in [-0.1, -0.05) is 0 Å². The fourth-order valence-corrected chi connectivity index (χ4v) is 1.60. The lowest BCUT2D eigenvalue weighted by Crippen LogP contribution is -2.48. The van der Waals surface area contributed by atoms with E-state index in [1.165, 1.54) is 0 Å². The Hall–Kier alpha value is -1.91. The molecular weight excluding hydrogens is 286 g/mol. The minimum atomic E-state index is -2.05. The highest BCUT2D eigenvalue weighted by Gasteiger charge is 2.34. The van der Waals surface area contributed by atoms with E-state index in [2.05, 4.69) is 0 Å². The van der Waals surface area contributed by atoms with Crippen molar-refractivity contribution in [2.45, 2.75) is 24.4 Å². The summed E-state index contributed by atoms with van der Waals surface area (Å²) in [6.45, 7) is -0.864. The number of benzene rings is 1. The second-order valence-electron chi connectivity index (χ2n) is 4.34. The third-order valence-electron chi connectivity index (χ3n) is 2.89. The van der Waals surface area contributed by atoms with Gasteiger partial charge in [-0.2, -0.15) is 0 Å². The van der Waals surface area contributed by atoms with E-state index in [0.717, 1.165) is 24.3 Å². The normalized spacial score (nSPS) is 16.8. The van der Waals surface area contributed by atoms with E-state index in [1.807, 2.05) is 0 Å². The summed E-state index contributed by atoms with van der Waals surface area (Å²) in [6.07, 6.45) is -7.72. The molecule has 0 aromatic heterocycles. The highest BCUT2D eigenvalue weighted by molar-refractivity contribution is 5.99. The van der Waals surface area contributed by atoms with Crippen LogP contribution in [0.1, 0.15) is 10.4 Å². The number of aliphatic hydroxyl groups excluding tert-OH is 5. The van der Waals surface area contributed by atoms with Crippen LogP contribution >= 0.6 is 0 Å². The van der Waals surface area contributed by atoms with Gasteiger partial charge in [-0.05, 0) is 12.1 Å². The topological polar surface area (TPSA) is 161 Å². The van der Waals surface area contributed by atoms with E-state index in [0.29, 0.717) is 0 Å². The molecule has 0 bridgehead atoms. The Kier molecular flexibility index (Phi) is 5.88. The van der Waals surface area contributed by atoms with E-state index in [4.69, 9.17) is 10.2 Å². The number of hydrogen-bond acceptors (Lipinski definition) is 8. The molecule has 0 amide bonds. The molecule has 21 heavy (non-hydrogen) atoms. The summed E-state index contributed by atoms with van der Waals surface area (Å²) in [6, 6.07) is 4.27. The zero-order chi connectivity index (χ0) is 16.2. The molecule has 5 N–H and O–H groups in total. The third-order valence-corrected chi connectivity index (χ3v) is 2.89. The van der Waals surface area contributed by atoms with Gasteiger partial charge in [0.2, 0.25) is 0 Å². The molecule has 0 saturated heterocycles. The molecule has 9 nitrogen and oxygen atoms in total. The van der Waals surface area contributed by atoms with Crippen molar-refractivity contribution in [2.75, 3.05) is 6.61 Å². The Morgan fingerprint density at radius 1 is 1.10 bits per heavy atom. The fourth-order valence-electron chi connectivity index (χ4n) is 1.60. The van der Waals surface area contributed by atoms with Crippen molar-refractivity contribution in [3.63, 3.8) is 0 Å². The molecule has 0 saturated carbocycles. The van der Waals surface area contributed by atoms with E-state index in [1.54, 1.807) is 0 Å². The van der Waals surface area contributed by atoms with Crippen molar-refractivity contribution >= 4 is 11.5 Å². The van der Waals surface area contributed by atoms with Crippen LogP contribution in [0.5, 0.6) is 0 Å². The van der Waals surface area contributed by atoms with Crippen LogP contribution in [0.15, 0.2) is 24.3 Å². The summed E-state index contributed by atoms with van der Waals surface area (Å²) >= 11 is 0. The first-order valence-electron chi connectivity index (χ1n) is 5.91. The number of nitrogens with zero attached hydrogens (tertiary/aromatic N) is 1. The minimum Gasteiger partial charge on any atom is -0.394 e. The maximum Gasteiger partial charge on any atom is 0.269 e. The third kappa shape index (κ3) is 4.03. The number of rotatable bonds is 7. The Morgan fingerprint density at radius 2 is 1.62 bits per heavy atom. The lowest BCUT2D eigenvalue weighted by atomic mass is 9.96. The first kappa shape index (κ1) is 17.1. The summed E-state index contributed by atoms with van der Waals surface area (Å²) in [4.78, 5) is 21.7. The summed E-state index contributed by atoms with van der Waals surface area (Å²) in [5, 5.41) is 56.8. The lowest BCUT2D eigenvalue weighted by molar-refractivity contribution is -0.384. The van der Waals surface area contributed by atoms with Gasteiger partial charge < -0.3 is 25.5 Å². The van der Waals surface area contributed by atoms with Crippen molar-refractivity contribution in [1.82, 2.24) is 0 Å². The molecule has 0 aliphatic rings. The molecule has 0 heterocycles. The van der Waals surface area contributed by atoms with Crippen LogP contribution in [0, 0.1) is 10.1 Å². The smallest absolute Gasteiger partial charge is 0.269 e. The first-order chi connectivity index (χ1) is 9.79. The second-order valence-corrected chi connectivity index (χ2v) is 4.34. The molecule has 9 heteroatoms. The number of hydrogen-bond donors (Lipinski definition) is 5. The van der Waals surface area contributed by atoms with Gasteiger partial charge in [0.1, 0.15) is 24.4 Å². The number of Topliss-reactive ketones (excluding diaryl/α,β-unsaturated/α-hetero) is 1. The van der Waals surface area contributed by atoms with Gasteiger partial charge in [-0.3, -0.25) is 14.9 Å². The number of nitro benzene ring substituents is 1. The fraction of sp³-hybridized carbons (Fsp3) is 0.417. The Balaban J connectivity index is 2.84. The number of carbonyl (C=O) groups excluding carboxylic acids is 1. The molecule has 0 aliphatic heterocycles. The van der Waals surface area contributed by atoms with Crippen molar-refractivity contribution in [2.24, 2.45) is 0 Å². The predicted molar refractivity (Wildman–Crippen MR) is 68.5 cm³/mol. The Labute approximate surface area is 118 Å². The molecule has 1 rings (SSSR count). The SMILES string of the molecule is O=C(c1ccc([N+](=O)[O-])cc1)[C@H](O)[C@@H](O)[C@@H](O)[C@H](O)CO. The van der Waals surface area contributed by atoms with Crippen molar-refractivity contribution in [1.29, 1.82) is 0 Å². The average molecular weight is 301 g/mol. The summed E-state index contributed by atoms with van der Waals surface area (Å²) in [5.74, 6) is -0.985. The zero-order valence-corrected chi connectivity index (χ0v) is 10.7. The number of nitro groups is 1. The van der Waals surface area contributed by atoms with Crippen LogP contribution in [0.25, 0.3) is 0 Å². The predicted octanol–water partition coefficient (Wildman–Crippen LogP) is -1.79. The van der Waals surface area contributed by atoms with Crippen molar-refractivity contribution in [3.8, 4) is 0 Å². The van der Waals surface area contributed by atoms with E-state index < -0.39 is 41.7 Å². The van der Waals surface area contributed by atoms with E-state index in [9.17, 15) is 30.2 Å². The quantitative estimate of drug-likeness (QED) is 0.224. The molecule has 0 unspecified atom stereocenters.